The van der Waals surface area contributed by atoms with E-state index in [1.165, 1.54) is 39.2 Å². The van der Waals surface area contributed by atoms with Gasteiger partial charge in [-0.05, 0) is 30.9 Å². The third kappa shape index (κ3) is 3.28. The second kappa shape index (κ2) is 6.60. The zero-order valence-corrected chi connectivity index (χ0v) is 11.8. The van der Waals surface area contributed by atoms with Crippen molar-refractivity contribution in [2.75, 3.05) is 12.4 Å². The van der Waals surface area contributed by atoms with Crippen LogP contribution in [0.5, 0.6) is 0 Å². The zero-order valence-electron chi connectivity index (χ0n) is 11.8. The Hall–Kier alpha value is -1.51. The molecular weight excluding hydrogens is 238 g/mol. The predicted molar refractivity (Wildman–Crippen MR) is 77.4 cm³/mol. The fourth-order valence-electron chi connectivity index (χ4n) is 2.98. The molecule has 1 N–H and O–H groups in total. The molecule has 0 spiro atoms. The Bertz CT molecular complexity index is 431. The van der Waals surface area contributed by atoms with Gasteiger partial charge in [-0.3, -0.25) is 0 Å². The minimum Gasteiger partial charge on any atom is -0.465 e. The second-order valence-electron chi connectivity index (χ2n) is 5.24. The van der Waals surface area contributed by atoms with E-state index in [-0.39, 0.29) is 5.97 Å². The number of hydrogen-bond acceptors (Lipinski definition) is 3. The van der Waals surface area contributed by atoms with Gasteiger partial charge in [0.15, 0.2) is 0 Å². The molecule has 0 radical (unpaired) electrons. The maximum absolute atomic E-state index is 11.8. The zero-order chi connectivity index (χ0) is 13.7. The number of rotatable bonds is 4. The number of benzene rings is 1. The van der Waals surface area contributed by atoms with Gasteiger partial charge in [0.1, 0.15) is 0 Å². The average molecular weight is 261 g/mol. The summed E-state index contributed by atoms with van der Waals surface area (Å²) in [5, 5.41) is 3.56. The Kier molecular flexibility index (Phi) is 4.83. The predicted octanol–water partition coefficient (Wildman–Crippen LogP) is 3.85. The van der Waals surface area contributed by atoms with E-state index < -0.39 is 0 Å². The van der Waals surface area contributed by atoms with Crippen LogP contribution in [0.15, 0.2) is 24.3 Å². The van der Waals surface area contributed by atoms with E-state index in [9.17, 15) is 4.79 Å². The summed E-state index contributed by atoms with van der Waals surface area (Å²) in [4.78, 5) is 11.8. The molecule has 3 nitrogen and oxygen atoms in total. The van der Waals surface area contributed by atoms with Gasteiger partial charge in [-0.1, -0.05) is 38.3 Å². The molecule has 2 atom stereocenters. The summed E-state index contributed by atoms with van der Waals surface area (Å²) in [6, 6.07) is 8.09. The highest BCUT2D eigenvalue weighted by Gasteiger charge is 2.24. The molecule has 0 bridgehead atoms. The molecule has 1 aromatic carbocycles. The topological polar surface area (TPSA) is 38.3 Å². The molecule has 0 heterocycles. The van der Waals surface area contributed by atoms with E-state index >= 15 is 0 Å². The number of nitrogens with one attached hydrogen (secondary N) is 1. The number of para-hydroxylation sites is 1. The van der Waals surface area contributed by atoms with Crippen LogP contribution in [-0.4, -0.2) is 19.1 Å². The van der Waals surface area contributed by atoms with Gasteiger partial charge in [0.2, 0.25) is 0 Å². The van der Waals surface area contributed by atoms with E-state index in [4.69, 9.17) is 4.74 Å². The van der Waals surface area contributed by atoms with Crippen molar-refractivity contribution in [1.82, 2.24) is 0 Å². The van der Waals surface area contributed by atoms with Gasteiger partial charge in [0.25, 0.3) is 0 Å². The van der Waals surface area contributed by atoms with Crippen molar-refractivity contribution in [3.8, 4) is 0 Å². The number of hydrogen-bond donors (Lipinski definition) is 1. The number of esters is 1. The van der Waals surface area contributed by atoms with Crippen LogP contribution in [0.1, 0.15) is 49.4 Å². The molecule has 0 saturated heterocycles. The Balaban J connectivity index is 2.15. The highest BCUT2D eigenvalue weighted by Crippen LogP contribution is 2.30. The van der Waals surface area contributed by atoms with E-state index in [0.717, 1.165) is 5.69 Å². The Labute approximate surface area is 115 Å². The minimum absolute atomic E-state index is 0.271. The van der Waals surface area contributed by atoms with Crippen LogP contribution in [-0.2, 0) is 4.74 Å². The van der Waals surface area contributed by atoms with Crippen LogP contribution in [0.4, 0.5) is 5.69 Å². The molecular formula is C16H23NO2. The molecule has 0 amide bonds. The summed E-state index contributed by atoms with van der Waals surface area (Å²) in [7, 11) is 1.43. The highest BCUT2D eigenvalue weighted by molar-refractivity contribution is 5.95. The lowest BCUT2D eigenvalue weighted by Crippen LogP contribution is -2.32. The van der Waals surface area contributed by atoms with Gasteiger partial charge in [-0.2, -0.15) is 0 Å². The third-order valence-corrected chi connectivity index (χ3v) is 4.11. The van der Waals surface area contributed by atoms with E-state index in [0.29, 0.717) is 17.5 Å². The van der Waals surface area contributed by atoms with Gasteiger partial charge in [0, 0.05) is 11.7 Å². The van der Waals surface area contributed by atoms with E-state index in [1.54, 1.807) is 0 Å². The first-order chi connectivity index (χ1) is 9.26. The molecule has 0 aromatic heterocycles. The summed E-state index contributed by atoms with van der Waals surface area (Å²) in [5.74, 6) is 0.436. The molecule has 2 rings (SSSR count). The van der Waals surface area contributed by atoms with Crippen molar-refractivity contribution < 1.29 is 9.53 Å². The molecule has 104 valence electrons. The van der Waals surface area contributed by atoms with Crippen molar-refractivity contribution in [3.05, 3.63) is 29.8 Å². The lowest BCUT2D eigenvalue weighted by molar-refractivity contribution is 0.0601. The van der Waals surface area contributed by atoms with Gasteiger partial charge in [-0.25, -0.2) is 4.79 Å². The number of carbonyl (C=O) groups is 1. The first-order valence-corrected chi connectivity index (χ1v) is 7.20. The fourth-order valence-corrected chi connectivity index (χ4v) is 2.98. The normalized spacial score (nSPS) is 22.8. The van der Waals surface area contributed by atoms with Crippen molar-refractivity contribution in [2.24, 2.45) is 5.92 Å². The van der Waals surface area contributed by atoms with Crippen molar-refractivity contribution in [2.45, 2.75) is 45.1 Å². The highest BCUT2D eigenvalue weighted by atomic mass is 16.5. The molecule has 1 aromatic rings. The third-order valence-electron chi connectivity index (χ3n) is 4.11. The van der Waals surface area contributed by atoms with Crippen molar-refractivity contribution >= 4 is 11.7 Å². The van der Waals surface area contributed by atoms with Crippen LogP contribution in [0.25, 0.3) is 0 Å². The Morgan fingerprint density at radius 2 is 2.05 bits per heavy atom. The van der Waals surface area contributed by atoms with Crippen LogP contribution in [0.2, 0.25) is 0 Å². The lowest BCUT2D eigenvalue weighted by atomic mass is 9.82. The first kappa shape index (κ1) is 13.9. The van der Waals surface area contributed by atoms with E-state index in [2.05, 4.69) is 12.2 Å². The number of anilines is 1. The molecule has 1 aliphatic carbocycles. The Morgan fingerprint density at radius 1 is 1.32 bits per heavy atom. The van der Waals surface area contributed by atoms with Crippen molar-refractivity contribution in [3.63, 3.8) is 0 Å². The lowest BCUT2D eigenvalue weighted by Gasteiger charge is -2.32. The molecule has 19 heavy (non-hydrogen) atoms. The smallest absolute Gasteiger partial charge is 0.339 e. The molecule has 0 aliphatic heterocycles. The van der Waals surface area contributed by atoms with Gasteiger partial charge in [-0.15, -0.1) is 0 Å². The molecule has 1 fully saturated rings. The standard InChI is InChI=1S/C16H23NO2/c1-3-12-8-4-6-10-14(12)17-15-11-7-5-9-13(15)16(18)19-2/h5,7,9,11-12,14,17H,3-4,6,8,10H2,1-2H3. The number of ether oxygens (including phenoxy) is 1. The SMILES string of the molecule is CCC1CCCCC1Nc1ccccc1C(=O)OC. The molecule has 2 unspecified atom stereocenters. The van der Waals surface area contributed by atoms with Gasteiger partial charge in [0.05, 0.1) is 12.7 Å². The average Bonchev–Trinajstić information content (AvgIpc) is 2.47. The first-order valence-electron chi connectivity index (χ1n) is 7.20. The van der Waals surface area contributed by atoms with Crippen LogP contribution >= 0.6 is 0 Å². The van der Waals surface area contributed by atoms with Crippen LogP contribution < -0.4 is 5.32 Å². The monoisotopic (exact) mass is 261 g/mol. The second-order valence-corrected chi connectivity index (χ2v) is 5.24. The largest absolute Gasteiger partial charge is 0.465 e. The molecule has 3 heteroatoms. The van der Waals surface area contributed by atoms with Crippen molar-refractivity contribution in [1.29, 1.82) is 0 Å². The summed E-state index contributed by atoms with van der Waals surface area (Å²) in [6.07, 6.45) is 6.27. The van der Waals surface area contributed by atoms with E-state index in [1.807, 2.05) is 24.3 Å². The Morgan fingerprint density at radius 3 is 2.79 bits per heavy atom. The maximum Gasteiger partial charge on any atom is 0.339 e. The number of carbonyl (C=O) groups excluding carboxylic acids is 1. The summed E-state index contributed by atoms with van der Waals surface area (Å²) >= 11 is 0. The maximum atomic E-state index is 11.8. The van der Waals surface area contributed by atoms with Gasteiger partial charge < -0.3 is 10.1 Å². The molecule has 1 saturated carbocycles. The fraction of sp³-hybridized carbons (Fsp3) is 0.562. The molecule has 1 aliphatic rings. The summed E-state index contributed by atoms with van der Waals surface area (Å²) < 4.78 is 4.84. The van der Waals surface area contributed by atoms with Gasteiger partial charge >= 0.3 is 5.97 Å². The minimum atomic E-state index is -0.271. The number of methoxy groups -OCH3 is 1. The quantitative estimate of drug-likeness (QED) is 0.836. The summed E-state index contributed by atoms with van der Waals surface area (Å²) in [6.45, 7) is 2.25. The summed E-state index contributed by atoms with van der Waals surface area (Å²) in [5.41, 5.74) is 1.53. The van der Waals surface area contributed by atoms with Crippen LogP contribution in [0, 0.1) is 5.92 Å². The van der Waals surface area contributed by atoms with Crippen LogP contribution in [0.3, 0.4) is 0 Å².